The van der Waals surface area contributed by atoms with E-state index in [0.717, 1.165) is 0 Å². The van der Waals surface area contributed by atoms with Crippen LogP contribution in [0.25, 0.3) is 22.3 Å². The second-order valence-corrected chi connectivity index (χ2v) is 8.47. The first-order valence-electron chi connectivity index (χ1n) is 10.8. The Balaban J connectivity index is 1.79. The zero-order valence-corrected chi connectivity index (χ0v) is 19.5. The molecular weight excluding hydrogens is 452 g/mol. The van der Waals surface area contributed by atoms with E-state index in [4.69, 9.17) is 11.6 Å². The summed E-state index contributed by atoms with van der Waals surface area (Å²) in [6.45, 7) is 3.34. The van der Waals surface area contributed by atoms with Crippen LogP contribution in [0.1, 0.15) is 13.8 Å². The second-order valence-electron chi connectivity index (χ2n) is 8.06. The minimum absolute atomic E-state index is 0.142. The van der Waals surface area contributed by atoms with Gasteiger partial charge in [0.25, 0.3) is 5.56 Å². The predicted octanol–water partition coefficient (Wildman–Crippen LogP) is 4.95. The highest BCUT2D eigenvalue weighted by Gasteiger charge is 2.19. The summed E-state index contributed by atoms with van der Waals surface area (Å²) in [5, 5.41) is 6.01. The summed E-state index contributed by atoms with van der Waals surface area (Å²) in [4.78, 5) is 43.4. The number of hydrogen-bond acceptors (Lipinski definition) is 4. The van der Waals surface area contributed by atoms with Gasteiger partial charge in [0.05, 0.1) is 27.4 Å². The SMILES string of the molecule is CC(C)C(=O)Nc1ccccc1-c1nc2ccccc2n(CC(=O)Nc2ccccc2Cl)c1=O. The average Bonchev–Trinajstić information content (AvgIpc) is 2.82. The van der Waals surface area contributed by atoms with E-state index in [1.54, 1.807) is 80.6 Å². The van der Waals surface area contributed by atoms with E-state index < -0.39 is 11.5 Å². The summed E-state index contributed by atoms with van der Waals surface area (Å²) in [7, 11) is 0. The van der Waals surface area contributed by atoms with Gasteiger partial charge >= 0.3 is 0 Å². The lowest BCUT2D eigenvalue weighted by Crippen LogP contribution is -2.30. The van der Waals surface area contributed by atoms with Crippen molar-refractivity contribution in [2.75, 3.05) is 10.6 Å². The third kappa shape index (κ3) is 4.84. The molecule has 34 heavy (non-hydrogen) atoms. The molecule has 0 fully saturated rings. The first kappa shape index (κ1) is 23.2. The van der Waals surface area contributed by atoms with Crippen molar-refractivity contribution in [2.45, 2.75) is 20.4 Å². The molecule has 0 saturated carbocycles. The second kappa shape index (κ2) is 9.89. The number of nitrogens with zero attached hydrogens (tertiary/aromatic N) is 2. The van der Waals surface area contributed by atoms with Crippen LogP contribution in [0.3, 0.4) is 0 Å². The van der Waals surface area contributed by atoms with Crippen molar-refractivity contribution in [3.05, 3.63) is 88.2 Å². The number of amides is 2. The van der Waals surface area contributed by atoms with Gasteiger partial charge in [-0.3, -0.25) is 19.0 Å². The molecule has 0 unspecified atom stereocenters. The van der Waals surface area contributed by atoms with E-state index >= 15 is 0 Å². The molecule has 0 aliphatic rings. The lowest BCUT2D eigenvalue weighted by atomic mass is 10.1. The van der Waals surface area contributed by atoms with Crippen molar-refractivity contribution < 1.29 is 9.59 Å². The molecule has 0 bridgehead atoms. The molecule has 4 rings (SSSR count). The highest BCUT2D eigenvalue weighted by Crippen LogP contribution is 2.26. The van der Waals surface area contributed by atoms with Crippen LogP contribution in [0.15, 0.2) is 77.6 Å². The van der Waals surface area contributed by atoms with Gasteiger partial charge in [-0.05, 0) is 30.3 Å². The van der Waals surface area contributed by atoms with Gasteiger partial charge in [-0.2, -0.15) is 0 Å². The van der Waals surface area contributed by atoms with Crippen molar-refractivity contribution in [1.29, 1.82) is 0 Å². The van der Waals surface area contributed by atoms with Gasteiger partial charge < -0.3 is 10.6 Å². The quantitative estimate of drug-likeness (QED) is 0.413. The van der Waals surface area contributed by atoms with Crippen LogP contribution < -0.4 is 16.2 Å². The third-order valence-electron chi connectivity index (χ3n) is 5.27. The van der Waals surface area contributed by atoms with Crippen molar-refractivity contribution >= 4 is 45.8 Å². The molecule has 0 aliphatic heterocycles. The highest BCUT2D eigenvalue weighted by atomic mass is 35.5. The van der Waals surface area contributed by atoms with Crippen molar-refractivity contribution in [1.82, 2.24) is 9.55 Å². The molecule has 0 saturated heterocycles. The highest BCUT2D eigenvalue weighted by molar-refractivity contribution is 6.33. The van der Waals surface area contributed by atoms with E-state index in [1.165, 1.54) is 4.57 Å². The van der Waals surface area contributed by atoms with E-state index in [0.29, 0.717) is 33.0 Å². The Morgan fingerprint density at radius 1 is 0.912 bits per heavy atom. The topological polar surface area (TPSA) is 93.1 Å². The van der Waals surface area contributed by atoms with Crippen LogP contribution >= 0.6 is 11.6 Å². The number of carbonyl (C=O) groups excluding carboxylic acids is 2. The first-order valence-corrected chi connectivity index (χ1v) is 11.2. The number of carbonyl (C=O) groups is 2. The first-order chi connectivity index (χ1) is 16.3. The Hall–Kier alpha value is -3.97. The Morgan fingerprint density at radius 2 is 1.56 bits per heavy atom. The van der Waals surface area contributed by atoms with Crippen LogP contribution in [0.5, 0.6) is 0 Å². The van der Waals surface area contributed by atoms with E-state index in [1.807, 2.05) is 6.07 Å². The summed E-state index contributed by atoms with van der Waals surface area (Å²) < 4.78 is 1.38. The van der Waals surface area contributed by atoms with E-state index in [9.17, 15) is 14.4 Å². The van der Waals surface area contributed by atoms with Crippen molar-refractivity contribution in [3.63, 3.8) is 0 Å². The van der Waals surface area contributed by atoms with Crippen LogP contribution in [0.4, 0.5) is 11.4 Å². The monoisotopic (exact) mass is 474 g/mol. The fourth-order valence-corrected chi connectivity index (χ4v) is 3.68. The Labute approximate surface area is 201 Å². The van der Waals surface area contributed by atoms with Gasteiger partial charge in [0, 0.05) is 11.5 Å². The fraction of sp³-hybridized carbons (Fsp3) is 0.154. The average molecular weight is 475 g/mol. The minimum Gasteiger partial charge on any atom is -0.325 e. The molecule has 7 nitrogen and oxygen atoms in total. The van der Waals surface area contributed by atoms with Gasteiger partial charge in [-0.15, -0.1) is 0 Å². The molecule has 2 amide bonds. The van der Waals surface area contributed by atoms with Crippen LogP contribution in [0, 0.1) is 5.92 Å². The molecule has 1 heterocycles. The number of benzene rings is 3. The Kier molecular flexibility index (Phi) is 6.75. The summed E-state index contributed by atoms with van der Waals surface area (Å²) in [6.07, 6.45) is 0. The molecule has 4 aromatic rings. The number of halogens is 1. The maximum absolute atomic E-state index is 13.6. The number of hydrogen-bond donors (Lipinski definition) is 2. The molecule has 2 N–H and O–H groups in total. The summed E-state index contributed by atoms with van der Waals surface area (Å²) in [5.41, 5.74) is 2.19. The lowest BCUT2D eigenvalue weighted by molar-refractivity contribution is -0.119. The van der Waals surface area contributed by atoms with Gasteiger partial charge in [0.15, 0.2) is 0 Å². The molecule has 3 aromatic carbocycles. The van der Waals surface area contributed by atoms with Crippen molar-refractivity contribution in [3.8, 4) is 11.3 Å². The zero-order valence-electron chi connectivity index (χ0n) is 18.7. The molecule has 172 valence electrons. The van der Waals surface area contributed by atoms with Crippen molar-refractivity contribution in [2.24, 2.45) is 5.92 Å². The number of rotatable bonds is 6. The van der Waals surface area contributed by atoms with Gasteiger partial charge in [0.2, 0.25) is 11.8 Å². The lowest BCUT2D eigenvalue weighted by Gasteiger charge is -2.15. The smallest absolute Gasteiger partial charge is 0.278 e. The number of nitrogens with one attached hydrogen (secondary N) is 2. The van der Waals surface area contributed by atoms with Crippen LogP contribution in [-0.4, -0.2) is 21.4 Å². The summed E-state index contributed by atoms with van der Waals surface area (Å²) in [5.74, 6) is -0.811. The zero-order chi connectivity index (χ0) is 24.2. The minimum atomic E-state index is -0.445. The molecule has 1 aromatic heterocycles. The molecule has 0 atom stereocenters. The molecule has 0 aliphatic carbocycles. The number of fused-ring (bicyclic) bond motifs is 1. The molecule has 8 heteroatoms. The maximum atomic E-state index is 13.6. The fourth-order valence-electron chi connectivity index (χ4n) is 3.50. The Bertz CT molecular complexity index is 1450. The molecule has 0 radical (unpaired) electrons. The maximum Gasteiger partial charge on any atom is 0.278 e. The number of para-hydroxylation sites is 4. The summed E-state index contributed by atoms with van der Waals surface area (Å²) >= 11 is 6.16. The van der Waals surface area contributed by atoms with E-state index in [2.05, 4.69) is 15.6 Å². The molecular formula is C26H23ClN4O3. The standard InChI is InChI=1S/C26H23ClN4O3/c1-16(2)25(33)30-19-11-5-3-9-17(19)24-26(34)31(22-14-8-7-13-21(22)29-24)15-23(32)28-20-12-6-4-10-18(20)27/h3-14,16H,15H2,1-2H3,(H,28,32)(H,30,33). The Morgan fingerprint density at radius 3 is 2.29 bits per heavy atom. The van der Waals surface area contributed by atoms with Crippen LogP contribution in [-0.2, 0) is 16.1 Å². The largest absolute Gasteiger partial charge is 0.325 e. The number of aromatic nitrogens is 2. The molecule has 0 spiro atoms. The van der Waals surface area contributed by atoms with Crippen LogP contribution in [0.2, 0.25) is 5.02 Å². The third-order valence-corrected chi connectivity index (χ3v) is 5.60. The van der Waals surface area contributed by atoms with Gasteiger partial charge in [-0.1, -0.05) is 67.9 Å². The normalized spacial score (nSPS) is 10.9. The number of anilines is 2. The predicted molar refractivity (Wildman–Crippen MR) is 135 cm³/mol. The van der Waals surface area contributed by atoms with Gasteiger partial charge in [-0.25, -0.2) is 4.98 Å². The van der Waals surface area contributed by atoms with E-state index in [-0.39, 0.29) is 24.1 Å². The summed E-state index contributed by atoms with van der Waals surface area (Å²) in [6, 6.07) is 21.0. The van der Waals surface area contributed by atoms with Gasteiger partial charge in [0.1, 0.15) is 12.2 Å².